The van der Waals surface area contributed by atoms with Crippen molar-refractivity contribution in [3.05, 3.63) is 54.1 Å². The predicted molar refractivity (Wildman–Crippen MR) is 101 cm³/mol. The maximum Gasteiger partial charge on any atom is 0.229 e. The van der Waals surface area contributed by atoms with Crippen molar-refractivity contribution in [1.82, 2.24) is 0 Å². The minimum absolute atomic E-state index is 0.188. The summed E-state index contributed by atoms with van der Waals surface area (Å²) in [5.74, 6) is 1.88. The number of ether oxygens (including phenoxy) is 6. The molecule has 0 unspecified atom stereocenters. The highest BCUT2D eigenvalue weighted by atomic mass is 16.8. The molecule has 0 bridgehead atoms. The van der Waals surface area contributed by atoms with E-state index in [4.69, 9.17) is 28.4 Å². The van der Waals surface area contributed by atoms with Gasteiger partial charge >= 0.3 is 0 Å². The van der Waals surface area contributed by atoms with Crippen molar-refractivity contribution in [3.63, 3.8) is 0 Å². The van der Waals surface area contributed by atoms with Crippen molar-refractivity contribution < 1.29 is 38.6 Å². The number of benzene rings is 2. The van der Waals surface area contributed by atoms with Crippen LogP contribution in [0.15, 0.2) is 48.5 Å². The summed E-state index contributed by atoms with van der Waals surface area (Å²) in [4.78, 5) is 0. The number of rotatable bonds is 5. The number of fused-ring (bicyclic) bond motifs is 1. The maximum atomic E-state index is 10.6. The van der Waals surface area contributed by atoms with Gasteiger partial charge in [0.05, 0.1) is 20.8 Å². The van der Waals surface area contributed by atoms with Crippen LogP contribution in [0.25, 0.3) is 0 Å². The van der Waals surface area contributed by atoms with E-state index in [1.54, 1.807) is 50.6 Å². The molecule has 6 atom stereocenters. The molecule has 156 valence electrons. The second kappa shape index (κ2) is 8.56. The van der Waals surface area contributed by atoms with E-state index in [0.717, 1.165) is 11.3 Å². The molecule has 0 aromatic heterocycles. The number of hydrogen-bond donors (Lipinski definition) is 2. The quantitative estimate of drug-likeness (QED) is 0.777. The largest absolute Gasteiger partial charge is 0.497 e. The number of hydrogen-bond acceptors (Lipinski definition) is 8. The summed E-state index contributed by atoms with van der Waals surface area (Å²) < 4.78 is 33.5. The van der Waals surface area contributed by atoms with Gasteiger partial charge in [-0.1, -0.05) is 12.1 Å². The molecule has 8 heteroatoms. The molecule has 2 aromatic carbocycles. The Bertz CT molecular complexity index is 791. The lowest BCUT2D eigenvalue weighted by atomic mass is 9.98. The monoisotopic (exact) mass is 404 g/mol. The molecule has 2 saturated heterocycles. The Morgan fingerprint density at radius 1 is 0.793 bits per heavy atom. The fraction of sp³-hybridized carbons (Fsp3) is 0.429. The van der Waals surface area contributed by atoms with Crippen molar-refractivity contribution >= 4 is 0 Å². The smallest absolute Gasteiger partial charge is 0.229 e. The van der Waals surface area contributed by atoms with E-state index in [-0.39, 0.29) is 6.61 Å². The van der Waals surface area contributed by atoms with E-state index in [1.165, 1.54) is 0 Å². The van der Waals surface area contributed by atoms with Gasteiger partial charge < -0.3 is 38.6 Å². The van der Waals surface area contributed by atoms with Gasteiger partial charge in [0, 0.05) is 5.56 Å². The molecular weight excluding hydrogens is 380 g/mol. The predicted octanol–water partition coefficient (Wildman–Crippen LogP) is 1.64. The lowest BCUT2D eigenvalue weighted by Gasteiger charge is -2.46. The van der Waals surface area contributed by atoms with Gasteiger partial charge in [-0.05, 0) is 36.4 Å². The van der Waals surface area contributed by atoms with E-state index >= 15 is 0 Å². The number of methoxy groups -OCH3 is 2. The Kier molecular flexibility index (Phi) is 5.89. The van der Waals surface area contributed by atoms with Crippen LogP contribution >= 0.6 is 0 Å². The highest BCUT2D eigenvalue weighted by Crippen LogP contribution is 2.35. The Morgan fingerprint density at radius 3 is 2.00 bits per heavy atom. The molecule has 2 aliphatic heterocycles. The minimum Gasteiger partial charge on any atom is -0.497 e. The average molecular weight is 404 g/mol. The Balaban J connectivity index is 1.42. The topological polar surface area (TPSA) is 95.8 Å². The average Bonchev–Trinajstić information content (AvgIpc) is 2.77. The molecule has 2 N–H and O–H groups in total. The molecule has 0 radical (unpaired) electrons. The van der Waals surface area contributed by atoms with Crippen molar-refractivity contribution in [2.24, 2.45) is 0 Å². The highest BCUT2D eigenvalue weighted by molar-refractivity contribution is 5.31. The maximum absolute atomic E-state index is 10.6. The third kappa shape index (κ3) is 4.17. The van der Waals surface area contributed by atoms with Crippen LogP contribution < -0.4 is 14.2 Å². The lowest BCUT2D eigenvalue weighted by Crippen LogP contribution is -2.62. The summed E-state index contributed by atoms with van der Waals surface area (Å²) in [6, 6.07) is 14.1. The SMILES string of the molecule is COc1ccc(O[C@@H]2O[C@@H]3CO[C@H](c4ccc(OC)cc4)O[C@@H]3[C@H](O)[C@H]2O)cc1. The molecule has 2 aromatic rings. The third-order valence-electron chi connectivity index (χ3n) is 5.03. The second-order valence-electron chi connectivity index (χ2n) is 6.86. The summed E-state index contributed by atoms with van der Waals surface area (Å²) in [6.07, 6.45) is -5.53. The zero-order valence-electron chi connectivity index (χ0n) is 16.1. The van der Waals surface area contributed by atoms with Gasteiger partial charge in [-0.3, -0.25) is 0 Å². The highest BCUT2D eigenvalue weighted by Gasteiger charge is 2.49. The lowest BCUT2D eigenvalue weighted by molar-refractivity contribution is -0.350. The molecule has 2 fully saturated rings. The number of aliphatic hydroxyl groups is 2. The Labute approximate surface area is 168 Å². The van der Waals surface area contributed by atoms with E-state index in [2.05, 4.69) is 0 Å². The van der Waals surface area contributed by atoms with E-state index in [9.17, 15) is 10.2 Å². The molecule has 0 saturated carbocycles. The van der Waals surface area contributed by atoms with Crippen LogP contribution in [0, 0.1) is 0 Å². The fourth-order valence-corrected chi connectivity index (χ4v) is 3.39. The van der Waals surface area contributed by atoms with Crippen molar-refractivity contribution in [3.8, 4) is 17.2 Å². The van der Waals surface area contributed by atoms with Crippen LogP contribution in [0.1, 0.15) is 11.9 Å². The summed E-state index contributed by atoms with van der Waals surface area (Å²) in [5.41, 5.74) is 0.780. The molecule has 0 amide bonds. The molecule has 4 rings (SSSR count). The first-order chi connectivity index (χ1) is 14.1. The van der Waals surface area contributed by atoms with E-state index in [0.29, 0.717) is 11.5 Å². The first-order valence-corrected chi connectivity index (χ1v) is 9.32. The zero-order valence-corrected chi connectivity index (χ0v) is 16.1. The Morgan fingerprint density at radius 2 is 1.38 bits per heavy atom. The van der Waals surface area contributed by atoms with Gasteiger partial charge in [-0.25, -0.2) is 0 Å². The van der Waals surface area contributed by atoms with Crippen LogP contribution in [-0.4, -0.2) is 61.7 Å². The normalized spacial score (nSPS) is 31.6. The summed E-state index contributed by atoms with van der Waals surface area (Å²) in [7, 11) is 3.16. The zero-order chi connectivity index (χ0) is 20.4. The van der Waals surface area contributed by atoms with Crippen molar-refractivity contribution in [2.75, 3.05) is 20.8 Å². The van der Waals surface area contributed by atoms with Crippen LogP contribution in [0.2, 0.25) is 0 Å². The van der Waals surface area contributed by atoms with E-state index in [1.807, 2.05) is 12.1 Å². The van der Waals surface area contributed by atoms with Gasteiger partial charge in [0.1, 0.15) is 41.7 Å². The molecule has 2 heterocycles. The van der Waals surface area contributed by atoms with Crippen LogP contribution in [-0.2, 0) is 14.2 Å². The molecule has 0 aliphatic carbocycles. The first kappa shape index (κ1) is 19.9. The van der Waals surface area contributed by atoms with Crippen LogP contribution in [0.4, 0.5) is 0 Å². The molecule has 2 aliphatic rings. The minimum atomic E-state index is -1.28. The summed E-state index contributed by atoms with van der Waals surface area (Å²) >= 11 is 0. The van der Waals surface area contributed by atoms with Crippen LogP contribution in [0.5, 0.6) is 17.2 Å². The number of aliphatic hydroxyl groups excluding tert-OH is 2. The molecule has 29 heavy (non-hydrogen) atoms. The van der Waals surface area contributed by atoms with Crippen molar-refractivity contribution in [2.45, 2.75) is 37.0 Å². The van der Waals surface area contributed by atoms with Gasteiger partial charge in [0.25, 0.3) is 0 Å². The standard InChI is InChI=1S/C21H24O8/c1-24-13-5-3-12(4-6-13)20-26-11-16-19(29-20)17(22)18(23)21(28-16)27-15-9-7-14(25-2)8-10-15/h3-10,16-23H,11H2,1-2H3/t16-,17-,18-,19+,20+,21-/m1/s1. The third-order valence-corrected chi connectivity index (χ3v) is 5.03. The molecule has 8 nitrogen and oxygen atoms in total. The van der Waals surface area contributed by atoms with Gasteiger partial charge in [-0.15, -0.1) is 0 Å². The Hall–Kier alpha value is -2.36. The van der Waals surface area contributed by atoms with Gasteiger partial charge in [-0.2, -0.15) is 0 Å². The van der Waals surface area contributed by atoms with Crippen molar-refractivity contribution in [1.29, 1.82) is 0 Å². The van der Waals surface area contributed by atoms with Crippen LogP contribution in [0.3, 0.4) is 0 Å². The molecule has 0 spiro atoms. The first-order valence-electron chi connectivity index (χ1n) is 9.32. The fourth-order valence-electron chi connectivity index (χ4n) is 3.39. The van der Waals surface area contributed by atoms with Gasteiger partial charge in [0.15, 0.2) is 6.29 Å². The molecular formula is C21H24O8. The van der Waals surface area contributed by atoms with Gasteiger partial charge in [0.2, 0.25) is 6.29 Å². The summed E-state index contributed by atoms with van der Waals surface area (Å²) in [5, 5.41) is 21.1. The summed E-state index contributed by atoms with van der Waals surface area (Å²) in [6.45, 7) is 0.188. The second-order valence-corrected chi connectivity index (χ2v) is 6.86. The van der Waals surface area contributed by atoms with E-state index < -0.39 is 37.0 Å².